The van der Waals surface area contributed by atoms with Gasteiger partial charge in [0.1, 0.15) is 11.3 Å². The fourth-order valence-electron chi connectivity index (χ4n) is 5.86. The number of carbonyl (C=O) groups is 2. The molecule has 252 valence electrons. The van der Waals surface area contributed by atoms with Gasteiger partial charge in [-0.05, 0) is 87.1 Å². The number of halogens is 3. The van der Waals surface area contributed by atoms with Gasteiger partial charge in [-0.25, -0.2) is 4.79 Å². The number of benzene rings is 2. The molecule has 2 fully saturated rings. The van der Waals surface area contributed by atoms with Crippen LogP contribution in [0.5, 0.6) is 0 Å². The molecule has 2 aromatic carbocycles. The molecular weight excluding hydrogens is 611 g/mol. The molecule has 5 rings (SSSR count). The van der Waals surface area contributed by atoms with Crippen LogP contribution in [0, 0.1) is 0 Å². The van der Waals surface area contributed by atoms with Crippen LogP contribution in [0.25, 0.3) is 11.1 Å². The van der Waals surface area contributed by atoms with Crippen LogP contribution in [0.1, 0.15) is 73.8 Å². The molecule has 1 saturated carbocycles. The van der Waals surface area contributed by atoms with Crippen molar-refractivity contribution in [2.75, 3.05) is 37.7 Å². The smallest absolute Gasteiger partial charge is 0.416 e. The molecule has 12 heteroatoms. The Labute approximate surface area is 273 Å². The third-order valence-electron chi connectivity index (χ3n) is 8.74. The molecule has 2 amide bonds. The number of ether oxygens (including phenoxy) is 1. The van der Waals surface area contributed by atoms with Gasteiger partial charge in [-0.1, -0.05) is 30.3 Å². The van der Waals surface area contributed by atoms with Gasteiger partial charge in [0.25, 0.3) is 5.91 Å². The maximum Gasteiger partial charge on any atom is 0.416 e. The summed E-state index contributed by atoms with van der Waals surface area (Å²) in [6.45, 7) is 10.4. The van der Waals surface area contributed by atoms with E-state index in [9.17, 15) is 27.9 Å². The molecular formula is C35H42F3N5O4. The second kappa shape index (κ2) is 13.5. The number of alkyl halides is 3. The van der Waals surface area contributed by atoms with Crippen molar-refractivity contribution in [1.82, 2.24) is 20.5 Å². The van der Waals surface area contributed by atoms with Crippen molar-refractivity contribution < 1.29 is 32.6 Å². The highest BCUT2D eigenvalue weighted by molar-refractivity contribution is 5.93. The molecule has 47 heavy (non-hydrogen) atoms. The standard InChI is InChI=1S/C35H42F3N5O4/c1-23(41-31(45)30-20-28(11-14-39-30)42-15-17-43(18-16-42)34(22-44)12-13-34)24-5-7-25(8-6-24)29-19-27(35(36,37)38)10-9-26(29)21-40-32(46)47-33(2,3)4/h5-11,14,19-20,23,44H,12-13,15-18,21-22H2,1-4H3,(H,40,46)(H,41,45)/t23-/m1/s1. The molecule has 2 heterocycles. The minimum Gasteiger partial charge on any atom is -0.444 e. The largest absolute Gasteiger partial charge is 0.444 e. The highest BCUT2D eigenvalue weighted by Crippen LogP contribution is 2.42. The van der Waals surface area contributed by atoms with Crippen LogP contribution in [-0.4, -0.2) is 70.9 Å². The number of carbonyl (C=O) groups excluding carboxylic acids is 2. The average Bonchev–Trinajstić information content (AvgIpc) is 3.84. The van der Waals surface area contributed by atoms with Crippen molar-refractivity contribution in [1.29, 1.82) is 0 Å². The fourth-order valence-corrected chi connectivity index (χ4v) is 5.86. The first-order valence-corrected chi connectivity index (χ1v) is 15.8. The van der Waals surface area contributed by atoms with Crippen LogP contribution in [-0.2, 0) is 17.5 Å². The molecule has 1 saturated heterocycles. The van der Waals surface area contributed by atoms with Gasteiger partial charge in [-0.2, -0.15) is 13.2 Å². The molecule has 2 aliphatic rings. The fraction of sp³-hybridized carbons (Fsp3) is 0.457. The molecule has 9 nitrogen and oxygen atoms in total. The average molecular weight is 654 g/mol. The minimum absolute atomic E-state index is 0.0260. The maximum absolute atomic E-state index is 13.6. The third kappa shape index (κ3) is 8.41. The van der Waals surface area contributed by atoms with Crippen LogP contribution >= 0.6 is 0 Å². The van der Waals surface area contributed by atoms with Crippen LogP contribution in [0.3, 0.4) is 0 Å². The van der Waals surface area contributed by atoms with Crippen molar-refractivity contribution in [3.63, 3.8) is 0 Å². The highest BCUT2D eigenvalue weighted by atomic mass is 19.4. The predicted molar refractivity (Wildman–Crippen MR) is 173 cm³/mol. The quantitative estimate of drug-likeness (QED) is 0.263. The van der Waals surface area contributed by atoms with Crippen LogP contribution < -0.4 is 15.5 Å². The lowest BCUT2D eigenvalue weighted by molar-refractivity contribution is -0.137. The van der Waals surface area contributed by atoms with Gasteiger partial charge in [-0.15, -0.1) is 0 Å². The first-order valence-electron chi connectivity index (χ1n) is 15.8. The topological polar surface area (TPSA) is 107 Å². The van der Waals surface area contributed by atoms with E-state index in [0.29, 0.717) is 16.7 Å². The Morgan fingerprint density at radius 1 is 1.00 bits per heavy atom. The Hall–Kier alpha value is -4.16. The Bertz CT molecular complexity index is 1580. The minimum atomic E-state index is -4.54. The summed E-state index contributed by atoms with van der Waals surface area (Å²) in [6.07, 6.45) is -1.52. The van der Waals surface area contributed by atoms with Crippen molar-refractivity contribution in [3.05, 3.63) is 83.2 Å². The summed E-state index contributed by atoms with van der Waals surface area (Å²) in [5.41, 5.74) is 1.74. The second-order valence-corrected chi connectivity index (χ2v) is 13.3. The molecule has 1 atom stereocenters. The molecule has 0 spiro atoms. The molecule has 0 radical (unpaired) electrons. The van der Waals surface area contributed by atoms with Gasteiger partial charge in [-0.3, -0.25) is 14.7 Å². The van der Waals surface area contributed by atoms with E-state index in [4.69, 9.17) is 4.74 Å². The molecule has 1 aliphatic carbocycles. The summed E-state index contributed by atoms with van der Waals surface area (Å²) < 4.78 is 46.1. The number of hydrogen-bond acceptors (Lipinski definition) is 7. The summed E-state index contributed by atoms with van der Waals surface area (Å²) in [5.74, 6) is -0.340. The van der Waals surface area contributed by atoms with Crippen molar-refractivity contribution in [2.24, 2.45) is 0 Å². The van der Waals surface area contributed by atoms with Crippen LogP contribution in [0.4, 0.5) is 23.7 Å². The van der Waals surface area contributed by atoms with Crippen LogP contribution in [0.15, 0.2) is 60.8 Å². The van der Waals surface area contributed by atoms with Gasteiger partial charge in [0.05, 0.1) is 18.2 Å². The summed E-state index contributed by atoms with van der Waals surface area (Å²) in [6, 6.07) is 13.6. The number of nitrogens with one attached hydrogen (secondary N) is 2. The molecule has 0 unspecified atom stereocenters. The number of piperazine rings is 1. The normalized spacial score (nSPS) is 17.1. The van der Waals surface area contributed by atoms with E-state index in [1.54, 1.807) is 57.3 Å². The zero-order chi connectivity index (χ0) is 34.0. The van der Waals surface area contributed by atoms with Gasteiger partial charge in [0, 0.05) is 50.1 Å². The SMILES string of the molecule is C[C@@H](NC(=O)c1cc(N2CCN(C3(CO)CC3)CC2)ccn1)c1ccc(-c2cc(C(F)(F)F)ccc2CNC(=O)OC(C)(C)C)cc1. The Morgan fingerprint density at radius 2 is 1.68 bits per heavy atom. The monoisotopic (exact) mass is 653 g/mol. The van der Waals surface area contributed by atoms with Gasteiger partial charge in [0.15, 0.2) is 0 Å². The van der Waals surface area contributed by atoms with E-state index in [1.807, 2.05) is 13.0 Å². The number of aromatic nitrogens is 1. The Balaban J connectivity index is 1.25. The predicted octanol–water partition coefficient (Wildman–Crippen LogP) is 5.93. The number of aliphatic hydroxyl groups is 1. The van der Waals surface area contributed by atoms with Crippen molar-refractivity contribution in [3.8, 4) is 11.1 Å². The van der Waals surface area contributed by atoms with E-state index in [2.05, 4.69) is 25.4 Å². The molecule has 1 aromatic heterocycles. The summed E-state index contributed by atoms with van der Waals surface area (Å²) in [5, 5.41) is 15.3. The molecule has 0 bridgehead atoms. The number of rotatable bonds is 9. The second-order valence-electron chi connectivity index (χ2n) is 13.3. The van der Waals surface area contributed by atoms with Crippen molar-refractivity contribution >= 4 is 17.7 Å². The summed E-state index contributed by atoms with van der Waals surface area (Å²) in [7, 11) is 0. The molecule has 3 N–H and O–H groups in total. The number of alkyl carbamates (subject to hydrolysis) is 1. The number of anilines is 1. The molecule has 1 aliphatic heterocycles. The Kier molecular flexibility index (Phi) is 9.83. The zero-order valence-corrected chi connectivity index (χ0v) is 27.2. The number of hydrogen-bond donors (Lipinski definition) is 3. The lowest BCUT2D eigenvalue weighted by Gasteiger charge is -2.40. The molecule has 3 aromatic rings. The zero-order valence-electron chi connectivity index (χ0n) is 27.2. The third-order valence-corrected chi connectivity index (χ3v) is 8.74. The van der Waals surface area contributed by atoms with Gasteiger partial charge in [0.2, 0.25) is 0 Å². The maximum atomic E-state index is 13.6. The number of amides is 2. The first kappa shape index (κ1) is 34.2. The number of pyridine rings is 1. The number of aliphatic hydroxyl groups excluding tert-OH is 1. The van der Waals surface area contributed by atoms with E-state index in [0.717, 1.165) is 62.4 Å². The van der Waals surface area contributed by atoms with Gasteiger partial charge >= 0.3 is 12.3 Å². The highest BCUT2D eigenvalue weighted by Gasteiger charge is 2.48. The first-order chi connectivity index (χ1) is 22.2. The van der Waals surface area contributed by atoms with E-state index >= 15 is 0 Å². The summed E-state index contributed by atoms with van der Waals surface area (Å²) in [4.78, 5) is 34.3. The summed E-state index contributed by atoms with van der Waals surface area (Å²) >= 11 is 0. The lowest BCUT2D eigenvalue weighted by Crippen LogP contribution is -2.52. The van der Waals surface area contributed by atoms with Crippen LogP contribution in [0.2, 0.25) is 0 Å². The number of nitrogens with zero attached hydrogens (tertiary/aromatic N) is 3. The van der Waals surface area contributed by atoms with E-state index in [1.165, 1.54) is 6.07 Å². The van der Waals surface area contributed by atoms with E-state index in [-0.39, 0.29) is 30.3 Å². The van der Waals surface area contributed by atoms with E-state index < -0.39 is 29.5 Å². The van der Waals surface area contributed by atoms with Crippen molar-refractivity contribution in [2.45, 2.75) is 70.4 Å². The Morgan fingerprint density at radius 3 is 2.28 bits per heavy atom. The lowest BCUT2D eigenvalue weighted by atomic mass is 9.95. The van der Waals surface area contributed by atoms with Gasteiger partial charge < -0.3 is 25.4 Å².